The molecular weight excluding hydrogens is 356 g/mol. The van der Waals surface area contributed by atoms with E-state index in [4.69, 9.17) is 0 Å². The van der Waals surface area contributed by atoms with E-state index in [2.05, 4.69) is 25.5 Å². The summed E-state index contributed by atoms with van der Waals surface area (Å²) in [6.07, 6.45) is 4.58. The Hall–Kier alpha value is -3.16. The number of aryl methyl sites for hydroxylation is 1. The van der Waals surface area contributed by atoms with Gasteiger partial charge in [0, 0.05) is 25.3 Å². The second-order valence-corrected chi connectivity index (χ2v) is 7.69. The molecule has 2 aromatic rings. The SMILES string of the molecule is Cc1ccnc(NC(=O)N2c3nc(C(=O)NC4CC4)ccc3N3CCC2C3)c1. The largest absolute Gasteiger partial charge is 0.366 e. The van der Waals surface area contributed by atoms with Gasteiger partial charge in [0.1, 0.15) is 11.5 Å². The van der Waals surface area contributed by atoms with Crippen molar-refractivity contribution in [2.24, 2.45) is 0 Å². The Balaban J connectivity index is 1.46. The summed E-state index contributed by atoms with van der Waals surface area (Å²) in [6.45, 7) is 3.60. The predicted octanol–water partition coefficient (Wildman–Crippen LogP) is 2.31. The van der Waals surface area contributed by atoms with Crippen molar-refractivity contribution in [3.63, 3.8) is 0 Å². The zero-order chi connectivity index (χ0) is 19.3. The third-order valence-corrected chi connectivity index (χ3v) is 5.47. The molecule has 2 aliphatic heterocycles. The number of carbonyl (C=O) groups is 2. The molecule has 2 bridgehead atoms. The van der Waals surface area contributed by atoms with Crippen LogP contribution in [0.1, 0.15) is 35.3 Å². The van der Waals surface area contributed by atoms with Gasteiger partial charge in [-0.25, -0.2) is 14.8 Å². The Morgan fingerprint density at radius 2 is 2.04 bits per heavy atom. The summed E-state index contributed by atoms with van der Waals surface area (Å²) in [6, 6.07) is 7.38. The molecule has 2 fully saturated rings. The summed E-state index contributed by atoms with van der Waals surface area (Å²) >= 11 is 0. The van der Waals surface area contributed by atoms with Gasteiger partial charge in [0.05, 0.1) is 11.7 Å². The van der Waals surface area contributed by atoms with Crippen LogP contribution < -0.4 is 20.4 Å². The fourth-order valence-electron chi connectivity index (χ4n) is 3.86. The molecule has 1 saturated carbocycles. The van der Waals surface area contributed by atoms with Gasteiger partial charge in [0.25, 0.3) is 5.91 Å². The standard InChI is InChI=1S/C20H22N6O2/c1-12-6-8-21-17(10-12)24-20(28)26-14-7-9-25(11-14)16-5-4-15(23-18(16)26)19(27)22-13-2-3-13/h4-6,8,10,13-14H,2-3,7,9,11H2,1H3,(H,22,27)(H,21,24,28). The highest BCUT2D eigenvalue weighted by Gasteiger charge is 2.40. The smallest absolute Gasteiger partial charge is 0.329 e. The van der Waals surface area contributed by atoms with E-state index in [1.807, 2.05) is 25.1 Å². The van der Waals surface area contributed by atoms with Crippen molar-refractivity contribution in [1.82, 2.24) is 15.3 Å². The topological polar surface area (TPSA) is 90.5 Å². The van der Waals surface area contributed by atoms with Crippen molar-refractivity contribution in [1.29, 1.82) is 0 Å². The Kier molecular flexibility index (Phi) is 3.92. The van der Waals surface area contributed by atoms with E-state index in [1.54, 1.807) is 17.2 Å². The molecular formula is C20H22N6O2. The Labute approximate surface area is 163 Å². The molecule has 0 aromatic carbocycles. The Morgan fingerprint density at radius 1 is 1.18 bits per heavy atom. The minimum absolute atomic E-state index is 0.0338. The number of aromatic nitrogens is 2. The molecule has 1 saturated heterocycles. The van der Waals surface area contributed by atoms with Crippen LogP contribution in [0.2, 0.25) is 0 Å². The van der Waals surface area contributed by atoms with Gasteiger partial charge in [-0.15, -0.1) is 0 Å². The summed E-state index contributed by atoms with van der Waals surface area (Å²) < 4.78 is 0. The Bertz CT molecular complexity index is 957. The lowest BCUT2D eigenvalue weighted by atomic mass is 10.1. The number of amides is 3. The second-order valence-electron chi connectivity index (χ2n) is 7.69. The first-order valence-electron chi connectivity index (χ1n) is 9.68. The third kappa shape index (κ3) is 3.04. The lowest BCUT2D eigenvalue weighted by molar-refractivity contribution is 0.0946. The maximum Gasteiger partial charge on any atom is 0.329 e. The van der Waals surface area contributed by atoms with Crippen LogP contribution in [0.15, 0.2) is 30.5 Å². The van der Waals surface area contributed by atoms with E-state index in [0.717, 1.165) is 43.6 Å². The summed E-state index contributed by atoms with van der Waals surface area (Å²) in [5.41, 5.74) is 2.26. The van der Waals surface area contributed by atoms with Gasteiger partial charge in [-0.1, -0.05) is 0 Å². The van der Waals surface area contributed by atoms with Crippen molar-refractivity contribution in [3.8, 4) is 0 Å². The first-order valence-corrected chi connectivity index (χ1v) is 9.68. The average molecular weight is 378 g/mol. The highest BCUT2D eigenvalue weighted by molar-refractivity contribution is 6.05. The molecule has 5 rings (SSSR count). The number of urea groups is 1. The van der Waals surface area contributed by atoms with E-state index in [9.17, 15) is 9.59 Å². The number of rotatable bonds is 3. The number of carbonyl (C=O) groups excluding carboxylic acids is 2. The fourth-order valence-corrected chi connectivity index (χ4v) is 3.86. The normalized spacial score (nSPS) is 20.0. The number of hydrogen-bond acceptors (Lipinski definition) is 5. The lowest BCUT2D eigenvalue weighted by Crippen LogP contribution is -2.48. The zero-order valence-corrected chi connectivity index (χ0v) is 15.7. The monoisotopic (exact) mass is 378 g/mol. The van der Waals surface area contributed by atoms with Crippen LogP contribution >= 0.6 is 0 Å². The van der Waals surface area contributed by atoms with E-state index >= 15 is 0 Å². The van der Waals surface area contributed by atoms with E-state index in [-0.39, 0.29) is 24.0 Å². The molecule has 8 heteroatoms. The first-order chi connectivity index (χ1) is 13.6. The highest BCUT2D eigenvalue weighted by Crippen LogP contribution is 2.39. The molecule has 1 unspecified atom stereocenters. The molecule has 8 nitrogen and oxygen atoms in total. The number of anilines is 3. The van der Waals surface area contributed by atoms with Crippen LogP contribution in [0.5, 0.6) is 0 Å². The van der Waals surface area contributed by atoms with Gasteiger partial charge < -0.3 is 10.2 Å². The molecule has 1 aliphatic carbocycles. The highest BCUT2D eigenvalue weighted by atomic mass is 16.2. The van der Waals surface area contributed by atoms with E-state index < -0.39 is 0 Å². The molecule has 0 spiro atoms. The molecule has 144 valence electrons. The Morgan fingerprint density at radius 3 is 2.82 bits per heavy atom. The molecule has 3 amide bonds. The second kappa shape index (κ2) is 6.47. The maximum absolute atomic E-state index is 13.1. The summed E-state index contributed by atoms with van der Waals surface area (Å²) in [5.74, 6) is 0.871. The van der Waals surface area contributed by atoms with Gasteiger partial charge in [0.15, 0.2) is 5.82 Å². The number of nitrogens with one attached hydrogen (secondary N) is 2. The number of nitrogens with zero attached hydrogens (tertiary/aromatic N) is 4. The van der Waals surface area contributed by atoms with Crippen LogP contribution in [0.25, 0.3) is 0 Å². The first kappa shape index (κ1) is 17.0. The van der Waals surface area contributed by atoms with Gasteiger partial charge in [-0.3, -0.25) is 15.0 Å². The third-order valence-electron chi connectivity index (χ3n) is 5.47. The predicted molar refractivity (Wildman–Crippen MR) is 106 cm³/mol. The van der Waals surface area contributed by atoms with E-state index in [0.29, 0.717) is 17.3 Å². The molecule has 2 N–H and O–H groups in total. The van der Waals surface area contributed by atoms with Crippen molar-refractivity contribution >= 4 is 29.3 Å². The van der Waals surface area contributed by atoms with Gasteiger partial charge in [-0.2, -0.15) is 0 Å². The van der Waals surface area contributed by atoms with Gasteiger partial charge >= 0.3 is 6.03 Å². The van der Waals surface area contributed by atoms with E-state index in [1.165, 1.54) is 0 Å². The molecule has 3 aliphatic rings. The van der Waals surface area contributed by atoms with Crippen LogP contribution in [0.4, 0.5) is 22.1 Å². The quantitative estimate of drug-likeness (QED) is 0.855. The lowest BCUT2D eigenvalue weighted by Gasteiger charge is -2.35. The summed E-state index contributed by atoms with van der Waals surface area (Å²) in [4.78, 5) is 38.3. The molecule has 4 heterocycles. The zero-order valence-electron chi connectivity index (χ0n) is 15.7. The van der Waals surface area contributed by atoms with Crippen molar-refractivity contribution in [2.75, 3.05) is 28.2 Å². The molecule has 1 atom stereocenters. The van der Waals surface area contributed by atoms with Crippen LogP contribution in [-0.2, 0) is 0 Å². The summed E-state index contributed by atoms with van der Waals surface area (Å²) in [7, 11) is 0. The molecule has 2 aromatic heterocycles. The van der Waals surface area contributed by atoms with Crippen LogP contribution in [0.3, 0.4) is 0 Å². The number of hydrogen-bond donors (Lipinski definition) is 2. The van der Waals surface area contributed by atoms with Crippen molar-refractivity contribution in [2.45, 2.75) is 38.3 Å². The average Bonchev–Trinajstić information content (AvgIpc) is 3.40. The fraction of sp³-hybridized carbons (Fsp3) is 0.400. The minimum atomic E-state index is -0.266. The van der Waals surface area contributed by atoms with Crippen LogP contribution in [0, 0.1) is 6.92 Å². The number of fused-ring (bicyclic) bond motifs is 4. The number of pyridine rings is 2. The minimum Gasteiger partial charge on any atom is -0.366 e. The molecule has 28 heavy (non-hydrogen) atoms. The molecule has 0 radical (unpaired) electrons. The maximum atomic E-state index is 13.1. The van der Waals surface area contributed by atoms with Gasteiger partial charge in [-0.05, 0) is 56.0 Å². The van der Waals surface area contributed by atoms with Gasteiger partial charge in [0.2, 0.25) is 0 Å². The van der Waals surface area contributed by atoms with Crippen molar-refractivity contribution in [3.05, 3.63) is 41.7 Å². The van der Waals surface area contributed by atoms with Crippen molar-refractivity contribution < 1.29 is 9.59 Å². The summed E-state index contributed by atoms with van der Waals surface area (Å²) in [5, 5.41) is 5.84. The van der Waals surface area contributed by atoms with Crippen LogP contribution in [-0.4, -0.2) is 47.1 Å².